The van der Waals surface area contributed by atoms with Crippen LogP contribution in [0.1, 0.15) is 30.6 Å². The summed E-state index contributed by atoms with van der Waals surface area (Å²) in [5.41, 5.74) is 0.391. The molecule has 19 heavy (non-hydrogen) atoms. The highest BCUT2D eigenvalue weighted by atomic mass is 79.9. The van der Waals surface area contributed by atoms with Gasteiger partial charge in [0.05, 0.1) is 5.56 Å². The van der Waals surface area contributed by atoms with Crippen LogP contribution in [-0.2, 0) is 4.74 Å². The van der Waals surface area contributed by atoms with Gasteiger partial charge in [-0.05, 0) is 46.0 Å². The van der Waals surface area contributed by atoms with Crippen molar-refractivity contribution in [1.29, 1.82) is 0 Å². The van der Waals surface area contributed by atoms with Gasteiger partial charge in [0.15, 0.2) is 0 Å². The third-order valence-corrected chi connectivity index (χ3v) is 3.54. The molecule has 1 rings (SSSR count). The van der Waals surface area contributed by atoms with Crippen LogP contribution in [0.3, 0.4) is 0 Å². The van der Waals surface area contributed by atoms with Crippen LogP contribution in [0.15, 0.2) is 22.7 Å². The molecule has 0 aliphatic rings. The highest BCUT2D eigenvalue weighted by molar-refractivity contribution is 9.10. The van der Waals surface area contributed by atoms with E-state index in [4.69, 9.17) is 4.74 Å². The Labute approximate surface area is 121 Å². The molecule has 0 radical (unpaired) electrons. The van der Waals surface area contributed by atoms with E-state index < -0.39 is 0 Å². The first kappa shape index (κ1) is 16.1. The number of ether oxygens (including phenoxy) is 1. The fraction of sp³-hybridized carbons (Fsp3) is 0.500. The van der Waals surface area contributed by atoms with E-state index >= 15 is 0 Å². The highest BCUT2D eigenvalue weighted by Crippen LogP contribution is 2.21. The molecule has 0 saturated carbocycles. The molecule has 3 nitrogen and oxygen atoms in total. The first-order chi connectivity index (χ1) is 8.85. The summed E-state index contributed by atoms with van der Waals surface area (Å²) in [6.45, 7) is 5.32. The molecule has 0 saturated heterocycles. The Morgan fingerprint density at radius 3 is 2.74 bits per heavy atom. The number of nitrogens with one attached hydrogen (secondary N) is 1. The first-order valence-corrected chi connectivity index (χ1v) is 6.87. The smallest absolute Gasteiger partial charge is 0.252 e. The van der Waals surface area contributed by atoms with Gasteiger partial charge in [0, 0.05) is 24.7 Å². The summed E-state index contributed by atoms with van der Waals surface area (Å²) in [5, 5.41) is 2.86. The standard InChI is InChI=1S/C14H19BrFNO2/c1-14(2,6-7-19-3)9-17-13(18)11-5-4-10(16)8-12(11)15/h4-5,8H,6-7,9H2,1-3H3,(H,17,18). The Hall–Kier alpha value is -0.940. The molecule has 0 spiro atoms. The average molecular weight is 332 g/mol. The molecule has 0 bridgehead atoms. The quantitative estimate of drug-likeness (QED) is 0.867. The molecule has 5 heteroatoms. The number of hydrogen-bond acceptors (Lipinski definition) is 2. The predicted molar refractivity (Wildman–Crippen MR) is 76.7 cm³/mol. The van der Waals surface area contributed by atoms with E-state index in [1.165, 1.54) is 18.2 Å². The molecule has 0 aliphatic carbocycles. The van der Waals surface area contributed by atoms with Gasteiger partial charge in [-0.25, -0.2) is 4.39 Å². The minimum Gasteiger partial charge on any atom is -0.385 e. The van der Waals surface area contributed by atoms with Crippen molar-refractivity contribution >= 4 is 21.8 Å². The van der Waals surface area contributed by atoms with Gasteiger partial charge in [-0.1, -0.05) is 13.8 Å². The van der Waals surface area contributed by atoms with Crippen LogP contribution in [-0.4, -0.2) is 26.2 Å². The molecule has 0 unspecified atom stereocenters. The lowest BCUT2D eigenvalue weighted by molar-refractivity contribution is 0.0920. The lowest BCUT2D eigenvalue weighted by Crippen LogP contribution is -2.34. The van der Waals surface area contributed by atoms with Crippen LogP contribution in [0.5, 0.6) is 0 Å². The number of rotatable bonds is 6. The Balaban J connectivity index is 2.60. The summed E-state index contributed by atoms with van der Waals surface area (Å²) in [7, 11) is 1.66. The zero-order chi connectivity index (χ0) is 14.5. The van der Waals surface area contributed by atoms with Crippen molar-refractivity contribution in [3.8, 4) is 0 Å². The maximum Gasteiger partial charge on any atom is 0.252 e. The molecule has 0 aromatic heterocycles. The van der Waals surface area contributed by atoms with Gasteiger partial charge in [-0.2, -0.15) is 0 Å². The lowest BCUT2D eigenvalue weighted by Gasteiger charge is -2.24. The highest BCUT2D eigenvalue weighted by Gasteiger charge is 2.19. The van der Waals surface area contributed by atoms with Gasteiger partial charge in [0.25, 0.3) is 5.91 Å². The maximum atomic E-state index is 12.9. The summed E-state index contributed by atoms with van der Waals surface area (Å²) in [5.74, 6) is -0.582. The van der Waals surface area contributed by atoms with E-state index in [1.807, 2.05) is 0 Å². The number of carbonyl (C=O) groups excluding carboxylic acids is 1. The summed E-state index contributed by atoms with van der Waals surface area (Å²) >= 11 is 3.19. The van der Waals surface area contributed by atoms with Gasteiger partial charge in [0.1, 0.15) is 5.82 Å². The van der Waals surface area contributed by atoms with Crippen molar-refractivity contribution < 1.29 is 13.9 Å². The Kier molecular flexibility index (Phi) is 5.94. The summed E-state index contributed by atoms with van der Waals surface area (Å²) < 4.78 is 18.4. The average Bonchev–Trinajstić information content (AvgIpc) is 2.34. The second kappa shape index (κ2) is 7.01. The Morgan fingerprint density at radius 2 is 2.16 bits per heavy atom. The Bertz CT molecular complexity index is 449. The largest absolute Gasteiger partial charge is 0.385 e. The summed E-state index contributed by atoms with van der Waals surface area (Å²) in [6, 6.07) is 4.03. The molecule has 0 heterocycles. The van der Waals surface area contributed by atoms with E-state index in [2.05, 4.69) is 35.1 Å². The Morgan fingerprint density at radius 1 is 1.47 bits per heavy atom. The fourth-order valence-electron chi connectivity index (χ4n) is 1.56. The molecular formula is C14H19BrFNO2. The minimum atomic E-state index is -0.371. The second-order valence-corrected chi connectivity index (χ2v) is 6.07. The predicted octanol–water partition coefficient (Wildman–Crippen LogP) is 3.38. The van der Waals surface area contributed by atoms with Gasteiger partial charge in [-0.3, -0.25) is 4.79 Å². The van der Waals surface area contributed by atoms with E-state index in [1.54, 1.807) is 7.11 Å². The molecule has 0 atom stereocenters. The molecule has 1 aromatic carbocycles. The van der Waals surface area contributed by atoms with Crippen molar-refractivity contribution in [1.82, 2.24) is 5.32 Å². The fourth-order valence-corrected chi connectivity index (χ4v) is 2.09. The number of amides is 1. The molecule has 0 fully saturated rings. The lowest BCUT2D eigenvalue weighted by atomic mass is 9.89. The molecule has 1 aromatic rings. The molecule has 0 aliphatic heterocycles. The van der Waals surface area contributed by atoms with Gasteiger partial charge < -0.3 is 10.1 Å². The van der Waals surface area contributed by atoms with Gasteiger partial charge in [0.2, 0.25) is 0 Å². The zero-order valence-electron chi connectivity index (χ0n) is 11.4. The van der Waals surface area contributed by atoms with Gasteiger partial charge in [-0.15, -0.1) is 0 Å². The molecule has 1 N–H and O–H groups in total. The third-order valence-electron chi connectivity index (χ3n) is 2.89. The van der Waals surface area contributed by atoms with Crippen LogP contribution in [0.4, 0.5) is 4.39 Å². The summed E-state index contributed by atoms with van der Waals surface area (Å²) in [4.78, 5) is 12.0. The minimum absolute atomic E-state index is 0.0435. The molecular weight excluding hydrogens is 313 g/mol. The number of methoxy groups -OCH3 is 1. The van der Waals surface area contributed by atoms with E-state index in [0.717, 1.165) is 6.42 Å². The number of benzene rings is 1. The van der Waals surface area contributed by atoms with Crippen molar-refractivity contribution in [3.05, 3.63) is 34.1 Å². The summed E-state index contributed by atoms with van der Waals surface area (Å²) in [6.07, 6.45) is 0.856. The maximum absolute atomic E-state index is 12.9. The number of carbonyl (C=O) groups is 1. The van der Waals surface area contributed by atoms with Crippen LogP contribution in [0.25, 0.3) is 0 Å². The van der Waals surface area contributed by atoms with Gasteiger partial charge >= 0.3 is 0 Å². The van der Waals surface area contributed by atoms with Crippen LogP contribution >= 0.6 is 15.9 Å². The number of halogens is 2. The van der Waals surface area contributed by atoms with Crippen LogP contribution in [0.2, 0.25) is 0 Å². The van der Waals surface area contributed by atoms with Crippen molar-refractivity contribution in [2.24, 2.45) is 5.41 Å². The second-order valence-electron chi connectivity index (χ2n) is 5.21. The van der Waals surface area contributed by atoms with Crippen LogP contribution in [0, 0.1) is 11.2 Å². The first-order valence-electron chi connectivity index (χ1n) is 6.08. The molecule has 1 amide bonds. The normalized spacial score (nSPS) is 11.4. The van der Waals surface area contributed by atoms with Crippen molar-refractivity contribution in [2.45, 2.75) is 20.3 Å². The monoisotopic (exact) mass is 331 g/mol. The third kappa shape index (κ3) is 5.28. The van der Waals surface area contributed by atoms with E-state index in [9.17, 15) is 9.18 Å². The van der Waals surface area contributed by atoms with E-state index in [-0.39, 0.29) is 17.1 Å². The van der Waals surface area contributed by atoms with Crippen molar-refractivity contribution in [3.63, 3.8) is 0 Å². The molecule has 106 valence electrons. The van der Waals surface area contributed by atoms with E-state index in [0.29, 0.717) is 23.2 Å². The SMILES string of the molecule is COCCC(C)(C)CNC(=O)c1ccc(F)cc1Br. The number of hydrogen-bond donors (Lipinski definition) is 1. The van der Waals surface area contributed by atoms with Crippen molar-refractivity contribution in [2.75, 3.05) is 20.3 Å². The zero-order valence-corrected chi connectivity index (χ0v) is 13.0. The van der Waals surface area contributed by atoms with Crippen LogP contribution < -0.4 is 5.32 Å². The topological polar surface area (TPSA) is 38.3 Å².